The van der Waals surface area contributed by atoms with Gasteiger partial charge in [-0.25, -0.2) is 9.18 Å². The standard InChI is InChI=1S/C20H22FN3O4/c1-14(25)24-10-11-27-17(13-24)12-22-20(26)23-15-6-8-16(9-7-15)28-19-5-3-2-4-18(19)21/h2-9,17H,10-13H2,1H3,(H2,22,23,26)/t17-/m1/s1. The molecule has 3 amide bonds. The number of nitrogens with one attached hydrogen (secondary N) is 2. The van der Waals surface area contributed by atoms with Gasteiger partial charge in [0.05, 0.1) is 12.7 Å². The van der Waals surface area contributed by atoms with Gasteiger partial charge in [-0.1, -0.05) is 12.1 Å². The zero-order chi connectivity index (χ0) is 19.9. The van der Waals surface area contributed by atoms with E-state index in [0.717, 1.165) is 0 Å². The molecule has 0 radical (unpaired) electrons. The van der Waals surface area contributed by atoms with Crippen molar-refractivity contribution in [3.63, 3.8) is 0 Å². The molecule has 2 aromatic carbocycles. The fourth-order valence-electron chi connectivity index (χ4n) is 2.77. The molecule has 148 valence electrons. The summed E-state index contributed by atoms with van der Waals surface area (Å²) in [7, 11) is 0. The minimum Gasteiger partial charge on any atom is -0.454 e. The first-order chi connectivity index (χ1) is 13.5. The second kappa shape index (κ2) is 9.18. The van der Waals surface area contributed by atoms with Crippen LogP contribution in [-0.4, -0.2) is 49.2 Å². The zero-order valence-electron chi connectivity index (χ0n) is 15.5. The molecule has 0 unspecified atom stereocenters. The number of amides is 3. The van der Waals surface area contributed by atoms with Crippen LogP contribution in [0.25, 0.3) is 0 Å². The summed E-state index contributed by atoms with van der Waals surface area (Å²) in [5.41, 5.74) is 0.563. The number of para-hydroxylation sites is 1. The van der Waals surface area contributed by atoms with Gasteiger partial charge in [0.2, 0.25) is 5.91 Å². The van der Waals surface area contributed by atoms with Crippen molar-refractivity contribution >= 4 is 17.6 Å². The van der Waals surface area contributed by atoms with Crippen molar-refractivity contribution in [3.05, 3.63) is 54.3 Å². The Kier molecular flexibility index (Phi) is 6.44. The van der Waals surface area contributed by atoms with E-state index >= 15 is 0 Å². The summed E-state index contributed by atoms with van der Waals surface area (Å²) in [6.45, 7) is 3.29. The van der Waals surface area contributed by atoms with Gasteiger partial charge in [-0.2, -0.15) is 0 Å². The van der Waals surface area contributed by atoms with Gasteiger partial charge in [-0.3, -0.25) is 4.79 Å². The van der Waals surface area contributed by atoms with Gasteiger partial charge < -0.3 is 25.0 Å². The summed E-state index contributed by atoms with van der Waals surface area (Å²) in [5.74, 6) is 0.136. The maximum absolute atomic E-state index is 13.6. The van der Waals surface area contributed by atoms with Crippen molar-refractivity contribution in [1.29, 1.82) is 0 Å². The molecule has 1 fully saturated rings. The van der Waals surface area contributed by atoms with Gasteiger partial charge in [0.25, 0.3) is 0 Å². The van der Waals surface area contributed by atoms with Crippen molar-refractivity contribution in [2.45, 2.75) is 13.0 Å². The lowest BCUT2D eigenvalue weighted by Gasteiger charge is -2.32. The van der Waals surface area contributed by atoms with Crippen LogP contribution in [0.15, 0.2) is 48.5 Å². The first-order valence-electron chi connectivity index (χ1n) is 8.95. The molecule has 28 heavy (non-hydrogen) atoms. The second-order valence-electron chi connectivity index (χ2n) is 6.35. The third-order valence-corrected chi connectivity index (χ3v) is 4.25. The predicted octanol–water partition coefficient (Wildman–Crippen LogP) is 2.99. The average Bonchev–Trinajstić information content (AvgIpc) is 2.70. The highest BCUT2D eigenvalue weighted by Gasteiger charge is 2.22. The molecule has 8 heteroatoms. The van der Waals surface area contributed by atoms with Gasteiger partial charge >= 0.3 is 6.03 Å². The average molecular weight is 387 g/mol. The van der Waals surface area contributed by atoms with Crippen LogP contribution in [0.5, 0.6) is 11.5 Å². The number of nitrogens with zero attached hydrogens (tertiary/aromatic N) is 1. The first kappa shape index (κ1) is 19.6. The molecule has 0 saturated carbocycles. The van der Waals surface area contributed by atoms with Crippen LogP contribution in [0.1, 0.15) is 6.92 Å². The fraction of sp³-hybridized carbons (Fsp3) is 0.300. The van der Waals surface area contributed by atoms with Crippen LogP contribution in [0.4, 0.5) is 14.9 Å². The SMILES string of the molecule is CC(=O)N1CCO[C@H](CNC(=O)Nc2ccc(Oc3ccccc3F)cc2)C1. The van der Waals surface area contributed by atoms with Crippen LogP contribution in [-0.2, 0) is 9.53 Å². The lowest BCUT2D eigenvalue weighted by Crippen LogP contribution is -2.49. The number of ether oxygens (including phenoxy) is 2. The van der Waals surface area contributed by atoms with Gasteiger partial charge in [0.15, 0.2) is 11.6 Å². The molecule has 1 atom stereocenters. The molecule has 1 heterocycles. The van der Waals surface area contributed by atoms with Gasteiger partial charge in [0.1, 0.15) is 5.75 Å². The number of hydrogen-bond donors (Lipinski definition) is 2. The van der Waals surface area contributed by atoms with E-state index in [1.54, 1.807) is 41.3 Å². The van der Waals surface area contributed by atoms with Crippen molar-refractivity contribution in [3.8, 4) is 11.5 Å². The molecular weight excluding hydrogens is 365 g/mol. The van der Waals surface area contributed by atoms with E-state index in [0.29, 0.717) is 37.7 Å². The Bertz CT molecular complexity index is 828. The maximum Gasteiger partial charge on any atom is 0.319 e. The van der Waals surface area contributed by atoms with Crippen molar-refractivity contribution < 1.29 is 23.5 Å². The Morgan fingerprint density at radius 2 is 1.96 bits per heavy atom. The summed E-state index contributed by atoms with van der Waals surface area (Å²) < 4.78 is 24.6. The highest BCUT2D eigenvalue weighted by atomic mass is 19.1. The number of carbonyl (C=O) groups excluding carboxylic acids is 2. The summed E-state index contributed by atoms with van der Waals surface area (Å²) in [4.78, 5) is 25.2. The Morgan fingerprint density at radius 1 is 1.21 bits per heavy atom. The summed E-state index contributed by atoms with van der Waals surface area (Å²) in [5, 5.41) is 5.43. The number of carbonyl (C=O) groups is 2. The van der Waals surface area contributed by atoms with E-state index in [1.165, 1.54) is 19.1 Å². The van der Waals surface area contributed by atoms with Crippen molar-refractivity contribution in [2.75, 3.05) is 31.6 Å². The quantitative estimate of drug-likeness (QED) is 0.827. The Morgan fingerprint density at radius 3 is 2.68 bits per heavy atom. The maximum atomic E-state index is 13.6. The molecule has 1 aliphatic rings. The fourth-order valence-corrected chi connectivity index (χ4v) is 2.77. The van der Waals surface area contributed by atoms with E-state index in [1.807, 2.05) is 0 Å². The normalized spacial score (nSPS) is 16.4. The molecule has 2 aromatic rings. The molecule has 3 rings (SSSR count). The molecule has 1 saturated heterocycles. The van der Waals surface area contributed by atoms with E-state index < -0.39 is 5.82 Å². The zero-order valence-corrected chi connectivity index (χ0v) is 15.5. The number of urea groups is 1. The summed E-state index contributed by atoms with van der Waals surface area (Å²) >= 11 is 0. The second-order valence-corrected chi connectivity index (χ2v) is 6.35. The molecule has 0 spiro atoms. The monoisotopic (exact) mass is 387 g/mol. The molecule has 0 aromatic heterocycles. The highest BCUT2D eigenvalue weighted by molar-refractivity contribution is 5.89. The van der Waals surface area contributed by atoms with E-state index in [9.17, 15) is 14.0 Å². The lowest BCUT2D eigenvalue weighted by molar-refractivity contribution is -0.136. The van der Waals surface area contributed by atoms with Crippen LogP contribution in [0.3, 0.4) is 0 Å². The van der Waals surface area contributed by atoms with E-state index in [2.05, 4.69) is 10.6 Å². The largest absolute Gasteiger partial charge is 0.454 e. The molecular formula is C20H22FN3O4. The lowest BCUT2D eigenvalue weighted by atomic mass is 10.2. The third kappa shape index (κ3) is 5.43. The smallest absolute Gasteiger partial charge is 0.319 e. The van der Waals surface area contributed by atoms with Crippen LogP contribution in [0, 0.1) is 5.82 Å². The molecule has 1 aliphatic heterocycles. The molecule has 0 bridgehead atoms. The highest BCUT2D eigenvalue weighted by Crippen LogP contribution is 2.25. The van der Waals surface area contributed by atoms with E-state index in [-0.39, 0.29) is 23.8 Å². The van der Waals surface area contributed by atoms with Crippen molar-refractivity contribution in [2.24, 2.45) is 0 Å². The number of hydrogen-bond acceptors (Lipinski definition) is 4. The number of anilines is 1. The Labute approximate surface area is 162 Å². The number of rotatable bonds is 5. The molecule has 7 nitrogen and oxygen atoms in total. The predicted molar refractivity (Wildman–Crippen MR) is 102 cm³/mol. The summed E-state index contributed by atoms with van der Waals surface area (Å²) in [6, 6.07) is 12.3. The van der Waals surface area contributed by atoms with Crippen molar-refractivity contribution in [1.82, 2.24) is 10.2 Å². The number of morpholine rings is 1. The van der Waals surface area contributed by atoms with Crippen LogP contribution < -0.4 is 15.4 Å². The number of benzene rings is 2. The van der Waals surface area contributed by atoms with Gasteiger partial charge in [-0.05, 0) is 36.4 Å². The Hall–Kier alpha value is -3.13. The van der Waals surface area contributed by atoms with Crippen LogP contribution in [0.2, 0.25) is 0 Å². The van der Waals surface area contributed by atoms with E-state index in [4.69, 9.17) is 9.47 Å². The molecule has 0 aliphatic carbocycles. The minimum absolute atomic E-state index is 0.00422. The summed E-state index contributed by atoms with van der Waals surface area (Å²) in [6.07, 6.45) is -0.236. The number of halogens is 1. The molecule has 2 N–H and O–H groups in total. The topological polar surface area (TPSA) is 79.9 Å². The third-order valence-electron chi connectivity index (χ3n) is 4.25. The van der Waals surface area contributed by atoms with Crippen LogP contribution >= 0.6 is 0 Å². The Balaban J connectivity index is 1.46. The minimum atomic E-state index is -0.447. The van der Waals surface area contributed by atoms with Gasteiger partial charge in [0, 0.05) is 32.2 Å². The van der Waals surface area contributed by atoms with Gasteiger partial charge in [-0.15, -0.1) is 0 Å². The first-order valence-corrected chi connectivity index (χ1v) is 8.95.